The van der Waals surface area contributed by atoms with Crippen molar-refractivity contribution in [2.24, 2.45) is 0 Å². The molecule has 1 aromatic heterocycles. The standard InChI is InChI=1S/C13H8F3N3/c14-7-1-4-12-11(5-7)18-13(17)19(12)8-2-3-9(15)10(16)6-8/h1-6H,(H2,17,18). The Morgan fingerprint density at radius 1 is 0.947 bits per heavy atom. The Morgan fingerprint density at radius 3 is 2.47 bits per heavy atom. The van der Waals surface area contributed by atoms with Gasteiger partial charge in [-0.05, 0) is 24.3 Å². The molecule has 0 spiro atoms. The van der Waals surface area contributed by atoms with Crippen LogP contribution in [0.25, 0.3) is 16.7 Å². The van der Waals surface area contributed by atoms with Crippen LogP contribution in [0.5, 0.6) is 0 Å². The van der Waals surface area contributed by atoms with Crippen molar-refractivity contribution in [3.8, 4) is 5.69 Å². The number of hydrogen-bond donors (Lipinski definition) is 1. The predicted molar refractivity (Wildman–Crippen MR) is 65.4 cm³/mol. The summed E-state index contributed by atoms with van der Waals surface area (Å²) >= 11 is 0. The Labute approximate surface area is 106 Å². The fourth-order valence-electron chi connectivity index (χ4n) is 1.97. The molecule has 0 bridgehead atoms. The summed E-state index contributed by atoms with van der Waals surface area (Å²) in [5.41, 5.74) is 6.93. The number of nitrogens with two attached hydrogens (primary N) is 1. The molecular formula is C13H8F3N3. The average Bonchev–Trinajstić information content (AvgIpc) is 2.68. The molecule has 3 aromatic rings. The number of anilines is 1. The number of nitrogens with zero attached hydrogens (tertiary/aromatic N) is 2. The molecule has 0 fully saturated rings. The Balaban J connectivity index is 2.29. The van der Waals surface area contributed by atoms with Gasteiger partial charge in [0.2, 0.25) is 5.95 Å². The van der Waals surface area contributed by atoms with Crippen LogP contribution in [-0.4, -0.2) is 9.55 Å². The molecule has 0 atom stereocenters. The van der Waals surface area contributed by atoms with Gasteiger partial charge in [-0.15, -0.1) is 0 Å². The second-order valence-corrected chi connectivity index (χ2v) is 4.04. The zero-order valence-electron chi connectivity index (χ0n) is 9.57. The van der Waals surface area contributed by atoms with Crippen LogP contribution in [0.2, 0.25) is 0 Å². The van der Waals surface area contributed by atoms with Gasteiger partial charge in [0.1, 0.15) is 5.82 Å². The van der Waals surface area contributed by atoms with Crippen molar-refractivity contribution in [2.75, 3.05) is 5.73 Å². The van der Waals surface area contributed by atoms with E-state index in [0.29, 0.717) is 16.7 Å². The number of rotatable bonds is 1. The van der Waals surface area contributed by atoms with E-state index in [1.54, 1.807) is 0 Å². The molecule has 2 aromatic carbocycles. The minimum atomic E-state index is -0.985. The highest BCUT2D eigenvalue weighted by molar-refractivity contribution is 5.80. The Morgan fingerprint density at radius 2 is 1.74 bits per heavy atom. The summed E-state index contributed by atoms with van der Waals surface area (Å²) in [6, 6.07) is 7.34. The highest BCUT2D eigenvalue weighted by Crippen LogP contribution is 2.24. The highest BCUT2D eigenvalue weighted by Gasteiger charge is 2.12. The number of hydrogen-bond acceptors (Lipinski definition) is 2. The number of fused-ring (bicyclic) bond motifs is 1. The molecule has 0 saturated carbocycles. The topological polar surface area (TPSA) is 43.8 Å². The molecule has 0 radical (unpaired) electrons. The first-order valence-corrected chi connectivity index (χ1v) is 5.45. The molecule has 0 aliphatic rings. The second kappa shape index (κ2) is 4.01. The van der Waals surface area contributed by atoms with Gasteiger partial charge in [0, 0.05) is 12.1 Å². The van der Waals surface area contributed by atoms with Gasteiger partial charge in [-0.25, -0.2) is 18.2 Å². The molecule has 1 heterocycles. The van der Waals surface area contributed by atoms with Crippen LogP contribution < -0.4 is 5.73 Å². The van der Waals surface area contributed by atoms with Gasteiger partial charge >= 0.3 is 0 Å². The second-order valence-electron chi connectivity index (χ2n) is 4.04. The summed E-state index contributed by atoms with van der Waals surface area (Å²) in [4.78, 5) is 3.99. The van der Waals surface area contributed by atoms with Gasteiger partial charge < -0.3 is 5.73 Å². The molecule has 6 heteroatoms. The third-order valence-electron chi connectivity index (χ3n) is 2.80. The van der Waals surface area contributed by atoms with Crippen LogP contribution in [0, 0.1) is 17.5 Å². The third-order valence-corrected chi connectivity index (χ3v) is 2.80. The monoisotopic (exact) mass is 263 g/mol. The molecule has 0 aliphatic carbocycles. The summed E-state index contributed by atoms with van der Waals surface area (Å²) in [6.07, 6.45) is 0. The SMILES string of the molecule is Nc1nc2cc(F)ccc2n1-c1ccc(F)c(F)c1. The van der Waals surface area contributed by atoms with Crippen LogP contribution >= 0.6 is 0 Å². The van der Waals surface area contributed by atoms with E-state index in [1.165, 1.54) is 28.8 Å². The van der Waals surface area contributed by atoms with Crippen molar-refractivity contribution in [1.82, 2.24) is 9.55 Å². The molecule has 0 saturated heterocycles. The van der Waals surface area contributed by atoms with Crippen LogP contribution in [0.3, 0.4) is 0 Å². The van der Waals surface area contributed by atoms with Gasteiger partial charge in [-0.2, -0.15) is 0 Å². The summed E-state index contributed by atoms with van der Waals surface area (Å²) < 4.78 is 40.7. The molecule has 3 nitrogen and oxygen atoms in total. The summed E-state index contributed by atoms with van der Waals surface area (Å²) in [7, 11) is 0. The van der Waals surface area contributed by atoms with Crippen molar-refractivity contribution in [3.63, 3.8) is 0 Å². The van der Waals surface area contributed by atoms with Crippen molar-refractivity contribution in [2.45, 2.75) is 0 Å². The van der Waals surface area contributed by atoms with Crippen LogP contribution in [-0.2, 0) is 0 Å². The minimum absolute atomic E-state index is 0.0756. The van der Waals surface area contributed by atoms with E-state index >= 15 is 0 Å². The van der Waals surface area contributed by atoms with E-state index in [1.807, 2.05) is 0 Å². The lowest BCUT2D eigenvalue weighted by Crippen LogP contribution is -2.01. The molecule has 0 amide bonds. The molecule has 0 unspecified atom stereocenters. The number of aromatic nitrogens is 2. The lowest BCUT2D eigenvalue weighted by atomic mass is 10.2. The van der Waals surface area contributed by atoms with Gasteiger partial charge in [-0.1, -0.05) is 0 Å². The van der Waals surface area contributed by atoms with Gasteiger partial charge in [-0.3, -0.25) is 4.57 Å². The first kappa shape index (κ1) is 11.6. The van der Waals surface area contributed by atoms with Crippen molar-refractivity contribution < 1.29 is 13.2 Å². The van der Waals surface area contributed by atoms with Crippen molar-refractivity contribution >= 4 is 17.0 Å². The summed E-state index contributed by atoms with van der Waals surface area (Å²) in [6.45, 7) is 0. The smallest absolute Gasteiger partial charge is 0.205 e. The van der Waals surface area contributed by atoms with Crippen molar-refractivity contribution in [1.29, 1.82) is 0 Å². The Bertz CT molecular complexity index is 780. The maximum Gasteiger partial charge on any atom is 0.205 e. The molecule has 0 aliphatic heterocycles. The van der Waals surface area contributed by atoms with Crippen LogP contribution in [0.1, 0.15) is 0 Å². The van der Waals surface area contributed by atoms with Gasteiger partial charge in [0.25, 0.3) is 0 Å². The van der Waals surface area contributed by atoms with E-state index in [2.05, 4.69) is 4.98 Å². The molecule has 2 N–H and O–H groups in total. The van der Waals surface area contributed by atoms with Crippen molar-refractivity contribution in [3.05, 3.63) is 53.8 Å². The molecule has 96 valence electrons. The maximum absolute atomic E-state index is 13.3. The average molecular weight is 263 g/mol. The number of benzene rings is 2. The molecule has 3 rings (SSSR count). The molecule has 19 heavy (non-hydrogen) atoms. The Kier molecular flexibility index (Phi) is 2.45. The maximum atomic E-state index is 13.3. The summed E-state index contributed by atoms with van der Waals surface area (Å²) in [5.74, 6) is -2.30. The fourth-order valence-corrected chi connectivity index (χ4v) is 1.97. The fraction of sp³-hybridized carbons (Fsp3) is 0. The lowest BCUT2D eigenvalue weighted by Gasteiger charge is -2.06. The lowest BCUT2D eigenvalue weighted by molar-refractivity contribution is 0.508. The number of imidazole rings is 1. The highest BCUT2D eigenvalue weighted by atomic mass is 19.2. The van der Waals surface area contributed by atoms with E-state index in [4.69, 9.17) is 5.73 Å². The number of nitrogen functional groups attached to an aromatic ring is 1. The van der Waals surface area contributed by atoms with E-state index in [-0.39, 0.29) is 5.95 Å². The largest absolute Gasteiger partial charge is 0.369 e. The van der Waals surface area contributed by atoms with Gasteiger partial charge in [0.15, 0.2) is 11.6 Å². The van der Waals surface area contributed by atoms with E-state index in [9.17, 15) is 13.2 Å². The zero-order valence-corrected chi connectivity index (χ0v) is 9.57. The number of halogens is 3. The first-order chi connectivity index (χ1) is 9.06. The first-order valence-electron chi connectivity index (χ1n) is 5.45. The van der Waals surface area contributed by atoms with Gasteiger partial charge in [0.05, 0.1) is 16.7 Å². The quantitative estimate of drug-likeness (QED) is 0.733. The zero-order chi connectivity index (χ0) is 13.6. The predicted octanol–water partition coefficient (Wildman–Crippen LogP) is 3.03. The third kappa shape index (κ3) is 1.81. The van der Waals surface area contributed by atoms with Crippen LogP contribution in [0.4, 0.5) is 19.1 Å². The van der Waals surface area contributed by atoms with E-state index in [0.717, 1.165) is 12.1 Å². The van der Waals surface area contributed by atoms with Crippen LogP contribution in [0.15, 0.2) is 36.4 Å². The van der Waals surface area contributed by atoms with E-state index < -0.39 is 17.5 Å². The summed E-state index contributed by atoms with van der Waals surface area (Å²) in [5, 5.41) is 0. The minimum Gasteiger partial charge on any atom is -0.369 e. The normalized spacial score (nSPS) is 11.1. The molecular weight excluding hydrogens is 255 g/mol. The Hall–Kier alpha value is -2.50.